The van der Waals surface area contributed by atoms with Crippen LogP contribution in [-0.4, -0.2) is 6.03 Å². The van der Waals surface area contributed by atoms with E-state index in [1.54, 1.807) is 0 Å². The number of nitrogens with one attached hydrogen (secondary N) is 2. The standard InChI is InChI=1S/C16H16BrClN2O/c1-10-7-11(2)15(14(18)8-10)20-16(21)19-9-12-5-3-4-6-13(12)17/h3-8H,9H2,1-2H3,(H2,19,20,21). The zero-order valence-electron chi connectivity index (χ0n) is 11.8. The second-order valence-corrected chi connectivity index (χ2v) is 6.10. The van der Waals surface area contributed by atoms with E-state index in [9.17, 15) is 4.79 Å². The maximum atomic E-state index is 12.0. The first-order valence-electron chi connectivity index (χ1n) is 6.52. The summed E-state index contributed by atoms with van der Waals surface area (Å²) < 4.78 is 0.967. The van der Waals surface area contributed by atoms with Crippen molar-refractivity contribution in [3.63, 3.8) is 0 Å². The van der Waals surface area contributed by atoms with E-state index < -0.39 is 0 Å². The van der Waals surface area contributed by atoms with Gasteiger partial charge in [0.25, 0.3) is 0 Å². The molecule has 2 N–H and O–H groups in total. The van der Waals surface area contributed by atoms with E-state index in [0.29, 0.717) is 17.3 Å². The maximum absolute atomic E-state index is 12.0. The number of urea groups is 1. The minimum absolute atomic E-state index is 0.278. The Morgan fingerprint density at radius 3 is 2.62 bits per heavy atom. The van der Waals surface area contributed by atoms with Gasteiger partial charge in [0, 0.05) is 11.0 Å². The molecule has 0 fully saturated rings. The number of carbonyl (C=O) groups excluding carboxylic acids is 1. The number of aryl methyl sites for hydroxylation is 2. The van der Waals surface area contributed by atoms with Gasteiger partial charge in [-0.2, -0.15) is 0 Å². The number of rotatable bonds is 3. The Balaban J connectivity index is 2.01. The topological polar surface area (TPSA) is 41.1 Å². The summed E-state index contributed by atoms with van der Waals surface area (Å²) in [6.07, 6.45) is 0. The number of hydrogen-bond donors (Lipinski definition) is 2. The van der Waals surface area contributed by atoms with Crippen molar-refractivity contribution in [2.24, 2.45) is 0 Å². The molecule has 0 heterocycles. The average Bonchev–Trinajstić information content (AvgIpc) is 2.42. The van der Waals surface area contributed by atoms with Crippen LogP contribution in [0.5, 0.6) is 0 Å². The van der Waals surface area contributed by atoms with Crippen molar-refractivity contribution >= 4 is 39.2 Å². The number of anilines is 1. The Kier molecular flexibility index (Phi) is 5.26. The van der Waals surface area contributed by atoms with Crippen LogP contribution in [0.15, 0.2) is 40.9 Å². The smallest absolute Gasteiger partial charge is 0.319 e. The molecule has 3 nitrogen and oxygen atoms in total. The number of halogens is 2. The van der Waals surface area contributed by atoms with Gasteiger partial charge >= 0.3 is 6.03 Å². The third-order valence-corrected chi connectivity index (χ3v) is 4.14. The summed E-state index contributed by atoms with van der Waals surface area (Å²) in [4.78, 5) is 12.0. The summed E-state index contributed by atoms with van der Waals surface area (Å²) in [5.74, 6) is 0. The molecule has 110 valence electrons. The molecule has 0 unspecified atom stereocenters. The monoisotopic (exact) mass is 366 g/mol. The average molecular weight is 368 g/mol. The van der Waals surface area contributed by atoms with Gasteiger partial charge in [-0.3, -0.25) is 0 Å². The second kappa shape index (κ2) is 6.96. The van der Waals surface area contributed by atoms with Gasteiger partial charge in [0.1, 0.15) is 0 Å². The lowest BCUT2D eigenvalue weighted by atomic mass is 10.1. The van der Waals surface area contributed by atoms with Crippen LogP contribution in [0.2, 0.25) is 5.02 Å². The maximum Gasteiger partial charge on any atom is 0.319 e. The Bertz CT molecular complexity index is 650. The lowest BCUT2D eigenvalue weighted by molar-refractivity contribution is 0.251. The van der Waals surface area contributed by atoms with E-state index in [1.165, 1.54) is 0 Å². The predicted octanol–water partition coefficient (Wildman–Crippen LogP) is 5.04. The molecular weight excluding hydrogens is 352 g/mol. The van der Waals surface area contributed by atoms with Gasteiger partial charge < -0.3 is 10.6 Å². The molecule has 0 bridgehead atoms. The number of amides is 2. The highest BCUT2D eigenvalue weighted by Crippen LogP contribution is 2.27. The van der Waals surface area contributed by atoms with Crippen LogP contribution >= 0.6 is 27.5 Å². The third kappa shape index (κ3) is 4.22. The zero-order valence-corrected chi connectivity index (χ0v) is 14.2. The van der Waals surface area contributed by atoms with Gasteiger partial charge in [-0.1, -0.05) is 51.8 Å². The highest BCUT2D eigenvalue weighted by Gasteiger charge is 2.09. The van der Waals surface area contributed by atoms with Crippen LogP contribution in [0.4, 0.5) is 10.5 Å². The fourth-order valence-electron chi connectivity index (χ4n) is 2.05. The first-order chi connectivity index (χ1) is 9.97. The fraction of sp³-hybridized carbons (Fsp3) is 0.188. The van der Waals surface area contributed by atoms with Gasteiger partial charge in [0.15, 0.2) is 0 Å². The van der Waals surface area contributed by atoms with E-state index in [-0.39, 0.29) is 6.03 Å². The molecular formula is C16H16BrClN2O. The van der Waals surface area contributed by atoms with Gasteiger partial charge in [-0.05, 0) is 42.7 Å². The van der Waals surface area contributed by atoms with Crippen molar-refractivity contribution in [1.29, 1.82) is 0 Å². The predicted molar refractivity (Wildman–Crippen MR) is 90.9 cm³/mol. The van der Waals surface area contributed by atoms with Crippen molar-refractivity contribution in [2.45, 2.75) is 20.4 Å². The zero-order chi connectivity index (χ0) is 15.4. The van der Waals surface area contributed by atoms with Gasteiger partial charge in [0.05, 0.1) is 10.7 Å². The summed E-state index contributed by atoms with van der Waals surface area (Å²) >= 11 is 9.62. The molecule has 0 radical (unpaired) electrons. The highest BCUT2D eigenvalue weighted by atomic mass is 79.9. The van der Waals surface area contributed by atoms with Crippen molar-refractivity contribution in [2.75, 3.05) is 5.32 Å². The largest absolute Gasteiger partial charge is 0.334 e. The van der Waals surface area contributed by atoms with Gasteiger partial charge in [0.2, 0.25) is 0 Å². The molecule has 2 amide bonds. The molecule has 0 spiro atoms. The SMILES string of the molecule is Cc1cc(C)c(NC(=O)NCc2ccccc2Br)c(Cl)c1. The van der Waals surface area contributed by atoms with Crippen molar-refractivity contribution in [3.05, 3.63) is 62.6 Å². The van der Waals surface area contributed by atoms with Crippen molar-refractivity contribution in [3.8, 4) is 0 Å². The normalized spacial score (nSPS) is 10.3. The summed E-state index contributed by atoms with van der Waals surface area (Å²) in [5, 5.41) is 6.16. The summed E-state index contributed by atoms with van der Waals surface area (Å²) in [6, 6.07) is 11.3. The molecule has 0 saturated heterocycles. The van der Waals surface area contributed by atoms with E-state index in [1.807, 2.05) is 50.2 Å². The molecule has 0 saturated carbocycles. The molecule has 2 aromatic rings. The summed E-state index contributed by atoms with van der Waals surface area (Å²) in [7, 11) is 0. The van der Waals surface area contributed by atoms with Crippen LogP contribution in [-0.2, 0) is 6.54 Å². The molecule has 0 atom stereocenters. The van der Waals surface area contributed by atoms with E-state index >= 15 is 0 Å². The number of hydrogen-bond acceptors (Lipinski definition) is 1. The Morgan fingerprint density at radius 1 is 1.24 bits per heavy atom. The molecule has 5 heteroatoms. The van der Waals surface area contributed by atoms with Crippen LogP contribution in [0, 0.1) is 13.8 Å². The molecule has 2 rings (SSSR count). The quantitative estimate of drug-likeness (QED) is 0.784. The van der Waals surface area contributed by atoms with Crippen LogP contribution < -0.4 is 10.6 Å². The minimum Gasteiger partial charge on any atom is -0.334 e. The molecule has 21 heavy (non-hydrogen) atoms. The lowest BCUT2D eigenvalue weighted by Gasteiger charge is -2.13. The van der Waals surface area contributed by atoms with Gasteiger partial charge in [-0.15, -0.1) is 0 Å². The number of carbonyl (C=O) groups is 1. The van der Waals surface area contributed by atoms with E-state index in [2.05, 4.69) is 26.6 Å². The Morgan fingerprint density at radius 2 is 1.95 bits per heavy atom. The molecule has 0 aromatic heterocycles. The Labute approximate surface area is 137 Å². The first kappa shape index (κ1) is 15.9. The molecule has 2 aromatic carbocycles. The lowest BCUT2D eigenvalue weighted by Crippen LogP contribution is -2.28. The van der Waals surface area contributed by atoms with Gasteiger partial charge in [-0.25, -0.2) is 4.79 Å². The Hall–Kier alpha value is -1.52. The van der Waals surface area contributed by atoms with E-state index in [0.717, 1.165) is 21.2 Å². The summed E-state index contributed by atoms with van der Waals surface area (Å²) in [5.41, 5.74) is 3.67. The van der Waals surface area contributed by atoms with Crippen molar-refractivity contribution in [1.82, 2.24) is 5.32 Å². The van der Waals surface area contributed by atoms with Crippen LogP contribution in [0.1, 0.15) is 16.7 Å². The first-order valence-corrected chi connectivity index (χ1v) is 7.69. The highest BCUT2D eigenvalue weighted by molar-refractivity contribution is 9.10. The van der Waals surface area contributed by atoms with Crippen LogP contribution in [0.25, 0.3) is 0 Å². The minimum atomic E-state index is -0.278. The second-order valence-electron chi connectivity index (χ2n) is 4.84. The number of benzene rings is 2. The summed E-state index contributed by atoms with van der Waals surface area (Å²) in [6.45, 7) is 4.33. The molecule has 0 aliphatic rings. The molecule has 0 aliphatic heterocycles. The fourth-order valence-corrected chi connectivity index (χ4v) is 2.84. The van der Waals surface area contributed by atoms with Crippen molar-refractivity contribution < 1.29 is 4.79 Å². The van der Waals surface area contributed by atoms with Crippen LogP contribution in [0.3, 0.4) is 0 Å². The third-order valence-electron chi connectivity index (χ3n) is 3.07. The van der Waals surface area contributed by atoms with E-state index in [4.69, 9.17) is 11.6 Å². The molecule has 0 aliphatic carbocycles.